The van der Waals surface area contributed by atoms with Crippen molar-refractivity contribution in [3.05, 3.63) is 64.7 Å². The lowest BCUT2D eigenvalue weighted by molar-refractivity contribution is -0.123. The summed E-state index contributed by atoms with van der Waals surface area (Å²) in [4.78, 5) is 23.9. The van der Waals surface area contributed by atoms with Gasteiger partial charge in [0.2, 0.25) is 0 Å². The largest absolute Gasteiger partial charge is 0.484 e. The van der Waals surface area contributed by atoms with E-state index in [1.165, 1.54) is 6.08 Å². The van der Waals surface area contributed by atoms with Crippen LogP contribution in [0.4, 0.5) is 5.69 Å². The van der Waals surface area contributed by atoms with Crippen molar-refractivity contribution >= 4 is 35.2 Å². The zero-order valence-corrected chi connectivity index (χ0v) is 16.3. The van der Waals surface area contributed by atoms with Crippen LogP contribution >= 0.6 is 11.6 Å². The summed E-state index contributed by atoms with van der Waals surface area (Å²) in [6.45, 7) is 3.65. The molecule has 0 aliphatic heterocycles. The minimum atomic E-state index is -0.532. The molecule has 0 heterocycles. The van der Waals surface area contributed by atoms with Crippen LogP contribution in [-0.2, 0) is 9.59 Å². The summed E-state index contributed by atoms with van der Waals surface area (Å²) < 4.78 is 5.40. The van der Waals surface area contributed by atoms with Crippen molar-refractivity contribution in [3.8, 4) is 11.8 Å². The Bertz CT molecular complexity index is 915. The molecule has 7 heteroatoms. The van der Waals surface area contributed by atoms with Crippen LogP contribution in [0, 0.1) is 11.3 Å². The SMILES string of the molecule is CC(C)NC(=O)COc1ccc(/C=C(\C#N)C(=O)Nc2cccc(Cl)c2)cc1. The first-order valence-electron chi connectivity index (χ1n) is 8.58. The number of anilines is 1. The molecule has 0 spiro atoms. The van der Waals surface area contributed by atoms with Gasteiger partial charge in [-0.25, -0.2) is 0 Å². The first-order chi connectivity index (χ1) is 13.4. The standard InChI is InChI=1S/C21H20ClN3O3/c1-14(2)24-20(26)13-28-19-8-6-15(7-9-19)10-16(12-23)21(27)25-18-5-3-4-17(22)11-18/h3-11,14H,13H2,1-2H3,(H,24,26)(H,25,27)/b16-10+. The minimum Gasteiger partial charge on any atom is -0.484 e. The number of hydrogen-bond acceptors (Lipinski definition) is 4. The molecule has 0 saturated heterocycles. The smallest absolute Gasteiger partial charge is 0.266 e. The molecule has 0 saturated carbocycles. The average molecular weight is 398 g/mol. The van der Waals surface area contributed by atoms with E-state index in [0.717, 1.165) is 0 Å². The summed E-state index contributed by atoms with van der Waals surface area (Å²) in [5.41, 5.74) is 1.10. The third-order valence-corrected chi connectivity index (χ3v) is 3.69. The van der Waals surface area contributed by atoms with Gasteiger partial charge in [-0.15, -0.1) is 0 Å². The second kappa shape index (κ2) is 10.1. The van der Waals surface area contributed by atoms with E-state index >= 15 is 0 Å². The first kappa shape index (κ1) is 21.0. The van der Waals surface area contributed by atoms with Crippen molar-refractivity contribution in [3.63, 3.8) is 0 Å². The van der Waals surface area contributed by atoms with Crippen molar-refractivity contribution in [2.24, 2.45) is 0 Å². The van der Waals surface area contributed by atoms with Crippen molar-refractivity contribution in [2.45, 2.75) is 19.9 Å². The maximum Gasteiger partial charge on any atom is 0.266 e. The Balaban J connectivity index is 2.01. The van der Waals surface area contributed by atoms with Crippen LogP contribution in [0.5, 0.6) is 5.75 Å². The van der Waals surface area contributed by atoms with E-state index in [0.29, 0.717) is 22.0 Å². The zero-order chi connectivity index (χ0) is 20.5. The van der Waals surface area contributed by atoms with Gasteiger partial charge in [-0.3, -0.25) is 9.59 Å². The topological polar surface area (TPSA) is 91.2 Å². The number of carbonyl (C=O) groups is 2. The molecule has 0 aromatic heterocycles. The summed E-state index contributed by atoms with van der Waals surface area (Å²) in [7, 11) is 0. The van der Waals surface area contributed by atoms with Gasteiger partial charge in [-0.1, -0.05) is 29.8 Å². The van der Waals surface area contributed by atoms with Crippen molar-refractivity contribution < 1.29 is 14.3 Å². The lowest BCUT2D eigenvalue weighted by atomic mass is 10.1. The maximum absolute atomic E-state index is 12.3. The quantitative estimate of drug-likeness (QED) is 0.549. The summed E-state index contributed by atoms with van der Waals surface area (Å²) in [5, 5.41) is 15.1. The number of hydrogen-bond donors (Lipinski definition) is 2. The van der Waals surface area contributed by atoms with E-state index in [2.05, 4.69) is 10.6 Å². The molecule has 2 aromatic rings. The Labute approximate surface area is 168 Å². The van der Waals surface area contributed by atoms with E-state index in [9.17, 15) is 14.9 Å². The van der Waals surface area contributed by atoms with Crippen LogP contribution in [0.25, 0.3) is 6.08 Å². The Morgan fingerprint density at radius 3 is 2.54 bits per heavy atom. The Morgan fingerprint density at radius 2 is 1.93 bits per heavy atom. The van der Waals surface area contributed by atoms with Gasteiger partial charge in [0, 0.05) is 16.8 Å². The number of nitrogens with zero attached hydrogens (tertiary/aromatic N) is 1. The molecule has 0 bridgehead atoms. The summed E-state index contributed by atoms with van der Waals surface area (Å²) >= 11 is 5.89. The number of nitriles is 1. The number of ether oxygens (including phenoxy) is 1. The van der Waals surface area contributed by atoms with Gasteiger partial charge in [0.25, 0.3) is 11.8 Å². The molecule has 0 aliphatic rings. The van der Waals surface area contributed by atoms with Crippen LogP contribution in [-0.4, -0.2) is 24.5 Å². The van der Waals surface area contributed by atoms with Crippen molar-refractivity contribution in [2.75, 3.05) is 11.9 Å². The lowest BCUT2D eigenvalue weighted by Gasteiger charge is -2.09. The molecule has 0 radical (unpaired) electrons. The summed E-state index contributed by atoms with van der Waals surface area (Å²) in [5.74, 6) is -0.225. The van der Waals surface area contributed by atoms with Gasteiger partial charge in [0.1, 0.15) is 17.4 Å². The van der Waals surface area contributed by atoms with Gasteiger partial charge in [0.05, 0.1) is 0 Å². The van der Waals surface area contributed by atoms with Crippen LogP contribution < -0.4 is 15.4 Å². The molecule has 2 N–H and O–H groups in total. The second-order valence-corrected chi connectivity index (χ2v) is 6.65. The molecule has 2 rings (SSSR count). The van der Waals surface area contributed by atoms with Gasteiger partial charge in [-0.2, -0.15) is 5.26 Å². The third-order valence-electron chi connectivity index (χ3n) is 3.46. The molecule has 144 valence electrons. The molecule has 0 fully saturated rings. The van der Waals surface area contributed by atoms with E-state index in [1.807, 2.05) is 19.9 Å². The van der Waals surface area contributed by atoms with E-state index in [4.69, 9.17) is 16.3 Å². The molecule has 2 aromatic carbocycles. The molecule has 0 atom stereocenters. The van der Waals surface area contributed by atoms with Crippen LogP contribution in [0.2, 0.25) is 5.02 Å². The normalized spacial score (nSPS) is 10.9. The highest BCUT2D eigenvalue weighted by Crippen LogP contribution is 2.17. The van der Waals surface area contributed by atoms with Crippen LogP contribution in [0.3, 0.4) is 0 Å². The number of amides is 2. The number of rotatable bonds is 7. The Morgan fingerprint density at radius 1 is 1.21 bits per heavy atom. The highest BCUT2D eigenvalue weighted by Gasteiger charge is 2.10. The molecular formula is C21H20ClN3O3. The number of benzene rings is 2. The van der Waals surface area contributed by atoms with Gasteiger partial charge in [-0.05, 0) is 55.8 Å². The van der Waals surface area contributed by atoms with E-state index < -0.39 is 5.91 Å². The number of nitrogens with one attached hydrogen (secondary N) is 2. The summed E-state index contributed by atoms with van der Waals surface area (Å²) in [6, 6.07) is 15.3. The van der Waals surface area contributed by atoms with Gasteiger partial charge in [0.15, 0.2) is 6.61 Å². The van der Waals surface area contributed by atoms with Crippen molar-refractivity contribution in [1.29, 1.82) is 5.26 Å². The molecule has 2 amide bonds. The van der Waals surface area contributed by atoms with Gasteiger partial charge >= 0.3 is 0 Å². The molecule has 0 unspecified atom stereocenters. The van der Waals surface area contributed by atoms with Crippen LogP contribution in [0.15, 0.2) is 54.1 Å². The Kier molecular flexibility index (Phi) is 7.61. The molecule has 28 heavy (non-hydrogen) atoms. The van der Waals surface area contributed by atoms with Crippen LogP contribution in [0.1, 0.15) is 19.4 Å². The zero-order valence-electron chi connectivity index (χ0n) is 15.5. The number of carbonyl (C=O) groups excluding carboxylic acids is 2. The molecular weight excluding hydrogens is 378 g/mol. The molecule has 0 aliphatic carbocycles. The second-order valence-electron chi connectivity index (χ2n) is 6.21. The number of halogens is 1. The molecule has 6 nitrogen and oxygen atoms in total. The van der Waals surface area contributed by atoms with Crippen molar-refractivity contribution in [1.82, 2.24) is 5.32 Å². The lowest BCUT2D eigenvalue weighted by Crippen LogP contribution is -2.34. The monoisotopic (exact) mass is 397 g/mol. The van der Waals surface area contributed by atoms with E-state index in [1.54, 1.807) is 48.5 Å². The van der Waals surface area contributed by atoms with Gasteiger partial charge < -0.3 is 15.4 Å². The maximum atomic E-state index is 12.3. The fourth-order valence-electron chi connectivity index (χ4n) is 2.25. The Hall–Kier alpha value is -3.30. The van der Waals surface area contributed by atoms with E-state index in [-0.39, 0.29) is 24.1 Å². The minimum absolute atomic E-state index is 0.0473. The fourth-order valence-corrected chi connectivity index (χ4v) is 2.44. The average Bonchev–Trinajstić information content (AvgIpc) is 2.64. The predicted molar refractivity (Wildman–Crippen MR) is 109 cm³/mol. The predicted octanol–water partition coefficient (Wildman–Crippen LogP) is 3.79. The highest BCUT2D eigenvalue weighted by molar-refractivity contribution is 6.31. The summed E-state index contributed by atoms with van der Waals surface area (Å²) in [6.07, 6.45) is 1.47. The first-order valence-corrected chi connectivity index (χ1v) is 8.96. The third kappa shape index (κ3) is 6.78. The highest BCUT2D eigenvalue weighted by atomic mass is 35.5. The fraction of sp³-hybridized carbons (Fsp3) is 0.190.